The molecule has 0 unspecified atom stereocenters. The average Bonchev–Trinajstić information content (AvgIpc) is 2.49. The van der Waals surface area contributed by atoms with Gasteiger partial charge in [0.15, 0.2) is 0 Å². The molecule has 0 atom stereocenters. The number of nitrogens with two attached hydrogens (primary N) is 1. The van der Waals surface area contributed by atoms with Crippen molar-refractivity contribution in [2.75, 3.05) is 26.2 Å². The van der Waals surface area contributed by atoms with Crippen molar-refractivity contribution in [1.82, 2.24) is 4.90 Å². The molecule has 112 valence electrons. The van der Waals surface area contributed by atoms with E-state index in [4.69, 9.17) is 5.73 Å². The number of hydrogen-bond donors (Lipinski definition) is 1. The molecule has 2 aliphatic rings. The van der Waals surface area contributed by atoms with E-state index in [1.165, 1.54) is 77.4 Å². The molecule has 0 aromatic rings. The van der Waals surface area contributed by atoms with Crippen molar-refractivity contribution in [1.29, 1.82) is 0 Å². The highest BCUT2D eigenvalue weighted by molar-refractivity contribution is 4.90. The van der Waals surface area contributed by atoms with Gasteiger partial charge in [0, 0.05) is 6.54 Å². The Labute approximate surface area is 120 Å². The van der Waals surface area contributed by atoms with Crippen molar-refractivity contribution in [3.63, 3.8) is 0 Å². The maximum absolute atomic E-state index is 6.13. The van der Waals surface area contributed by atoms with E-state index < -0.39 is 0 Å². The number of rotatable bonds is 5. The fourth-order valence-electron chi connectivity index (χ4n) is 4.35. The topological polar surface area (TPSA) is 29.3 Å². The Kier molecular flexibility index (Phi) is 5.30. The number of likely N-dealkylation sites (tertiary alicyclic amines) is 1. The van der Waals surface area contributed by atoms with E-state index in [9.17, 15) is 0 Å². The van der Waals surface area contributed by atoms with E-state index in [1.54, 1.807) is 0 Å². The Morgan fingerprint density at radius 3 is 1.89 bits per heavy atom. The average molecular weight is 266 g/mol. The molecular formula is C17H34N2. The molecule has 1 saturated carbocycles. The summed E-state index contributed by atoms with van der Waals surface area (Å²) < 4.78 is 0. The zero-order valence-electron chi connectivity index (χ0n) is 13.2. The first-order chi connectivity index (χ1) is 9.17. The van der Waals surface area contributed by atoms with Crippen molar-refractivity contribution in [2.24, 2.45) is 16.6 Å². The van der Waals surface area contributed by atoms with Gasteiger partial charge in [-0.2, -0.15) is 0 Å². The lowest BCUT2D eigenvalue weighted by Gasteiger charge is -2.46. The van der Waals surface area contributed by atoms with E-state index in [1.807, 2.05) is 0 Å². The predicted molar refractivity (Wildman–Crippen MR) is 83.3 cm³/mol. The van der Waals surface area contributed by atoms with Crippen molar-refractivity contribution in [2.45, 2.75) is 71.6 Å². The fraction of sp³-hybridized carbons (Fsp3) is 1.00. The summed E-state index contributed by atoms with van der Waals surface area (Å²) in [5, 5.41) is 0. The molecule has 2 heteroatoms. The third kappa shape index (κ3) is 3.52. The zero-order valence-corrected chi connectivity index (χ0v) is 13.2. The quantitative estimate of drug-likeness (QED) is 0.820. The van der Waals surface area contributed by atoms with Gasteiger partial charge in [-0.25, -0.2) is 0 Å². The summed E-state index contributed by atoms with van der Waals surface area (Å²) in [4.78, 5) is 2.72. The van der Waals surface area contributed by atoms with Crippen LogP contribution < -0.4 is 5.73 Å². The Balaban J connectivity index is 1.87. The first-order valence-electron chi connectivity index (χ1n) is 8.60. The summed E-state index contributed by atoms with van der Waals surface area (Å²) in [5.74, 6) is 0. The summed E-state index contributed by atoms with van der Waals surface area (Å²) in [6.45, 7) is 9.54. The van der Waals surface area contributed by atoms with Crippen LogP contribution in [0.15, 0.2) is 0 Å². The highest BCUT2D eigenvalue weighted by atomic mass is 15.1. The van der Waals surface area contributed by atoms with Gasteiger partial charge in [-0.1, -0.05) is 46.0 Å². The molecule has 1 aliphatic carbocycles. The van der Waals surface area contributed by atoms with Gasteiger partial charge in [0.25, 0.3) is 0 Å². The molecule has 1 saturated heterocycles. The van der Waals surface area contributed by atoms with Crippen LogP contribution in [0.2, 0.25) is 0 Å². The highest BCUT2D eigenvalue weighted by Gasteiger charge is 2.36. The standard InChI is InChI=1S/C17H34N2/c1-3-16(4-2)10-12-19(13-11-16)15-17(14-18)8-6-5-7-9-17/h3-15,18H2,1-2H3. The molecule has 0 aromatic carbocycles. The summed E-state index contributed by atoms with van der Waals surface area (Å²) in [6, 6.07) is 0. The lowest BCUT2D eigenvalue weighted by atomic mass is 9.71. The second-order valence-electron chi connectivity index (χ2n) is 7.25. The summed E-state index contributed by atoms with van der Waals surface area (Å²) in [5.41, 5.74) is 7.24. The minimum absolute atomic E-state index is 0.455. The summed E-state index contributed by atoms with van der Waals surface area (Å²) in [6.07, 6.45) is 12.5. The van der Waals surface area contributed by atoms with Gasteiger partial charge in [0.2, 0.25) is 0 Å². The lowest BCUT2D eigenvalue weighted by Crippen LogP contribution is -2.48. The Hall–Kier alpha value is -0.0800. The second kappa shape index (κ2) is 6.58. The van der Waals surface area contributed by atoms with Crippen LogP contribution >= 0.6 is 0 Å². The van der Waals surface area contributed by atoms with Gasteiger partial charge in [-0.3, -0.25) is 0 Å². The Morgan fingerprint density at radius 1 is 0.842 bits per heavy atom. The number of piperidine rings is 1. The molecular weight excluding hydrogens is 232 g/mol. The van der Waals surface area contributed by atoms with Crippen molar-refractivity contribution in [3.8, 4) is 0 Å². The first-order valence-corrected chi connectivity index (χ1v) is 8.60. The Bertz CT molecular complexity index is 254. The van der Waals surface area contributed by atoms with E-state index in [-0.39, 0.29) is 0 Å². The lowest BCUT2D eigenvalue weighted by molar-refractivity contribution is 0.0475. The molecule has 2 N–H and O–H groups in total. The van der Waals surface area contributed by atoms with E-state index in [2.05, 4.69) is 18.7 Å². The molecule has 0 aromatic heterocycles. The van der Waals surface area contributed by atoms with Gasteiger partial charge in [-0.05, 0) is 56.1 Å². The largest absolute Gasteiger partial charge is 0.330 e. The van der Waals surface area contributed by atoms with Crippen LogP contribution in [-0.4, -0.2) is 31.1 Å². The van der Waals surface area contributed by atoms with Crippen LogP contribution in [0, 0.1) is 10.8 Å². The van der Waals surface area contributed by atoms with Crippen molar-refractivity contribution in [3.05, 3.63) is 0 Å². The van der Waals surface area contributed by atoms with Crippen molar-refractivity contribution >= 4 is 0 Å². The third-order valence-electron chi connectivity index (χ3n) is 6.32. The molecule has 2 rings (SSSR count). The van der Waals surface area contributed by atoms with Crippen LogP contribution in [0.4, 0.5) is 0 Å². The third-order valence-corrected chi connectivity index (χ3v) is 6.32. The molecule has 0 bridgehead atoms. The van der Waals surface area contributed by atoms with Gasteiger partial charge >= 0.3 is 0 Å². The Morgan fingerprint density at radius 2 is 1.42 bits per heavy atom. The van der Waals surface area contributed by atoms with Crippen LogP contribution in [0.3, 0.4) is 0 Å². The van der Waals surface area contributed by atoms with Crippen molar-refractivity contribution < 1.29 is 0 Å². The van der Waals surface area contributed by atoms with Crippen LogP contribution in [0.5, 0.6) is 0 Å². The van der Waals surface area contributed by atoms with E-state index >= 15 is 0 Å². The maximum atomic E-state index is 6.13. The second-order valence-corrected chi connectivity index (χ2v) is 7.25. The van der Waals surface area contributed by atoms with Gasteiger partial charge in [0.1, 0.15) is 0 Å². The monoisotopic (exact) mass is 266 g/mol. The summed E-state index contributed by atoms with van der Waals surface area (Å²) in [7, 11) is 0. The van der Waals surface area contributed by atoms with Gasteiger partial charge in [-0.15, -0.1) is 0 Å². The molecule has 2 fully saturated rings. The highest BCUT2D eigenvalue weighted by Crippen LogP contribution is 2.41. The van der Waals surface area contributed by atoms with Gasteiger partial charge in [0.05, 0.1) is 0 Å². The van der Waals surface area contributed by atoms with E-state index in [0.29, 0.717) is 10.8 Å². The molecule has 0 radical (unpaired) electrons. The minimum atomic E-state index is 0.455. The van der Waals surface area contributed by atoms with Crippen LogP contribution in [0.25, 0.3) is 0 Å². The van der Waals surface area contributed by atoms with Crippen LogP contribution in [-0.2, 0) is 0 Å². The fourth-order valence-corrected chi connectivity index (χ4v) is 4.35. The smallest absolute Gasteiger partial charge is 0.00501 e. The maximum Gasteiger partial charge on any atom is 0.00501 e. The predicted octanol–water partition coefficient (Wildman–Crippen LogP) is 3.80. The molecule has 19 heavy (non-hydrogen) atoms. The molecule has 0 amide bonds. The molecule has 0 spiro atoms. The number of hydrogen-bond acceptors (Lipinski definition) is 2. The van der Waals surface area contributed by atoms with Crippen LogP contribution in [0.1, 0.15) is 71.6 Å². The first kappa shape index (κ1) is 15.3. The summed E-state index contributed by atoms with van der Waals surface area (Å²) >= 11 is 0. The minimum Gasteiger partial charge on any atom is -0.330 e. The van der Waals surface area contributed by atoms with E-state index in [0.717, 1.165) is 6.54 Å². The molecule has 1 aliphatic heterocycles. The normalized spacial score (nSPS) is 27.3. The van der Waals surface area contributed by atoms with Gasteiger partial charge < -0.3 is 10.6 Å². The molecule has 1 heterocycles. The molecule has 2 nitrogen and oxygen atoms in total. The number of nitrogens with zero attached hydrogens (tertiary/aromatic N) is 1. The zero-order chi connectivity index (χ0) is 13.8. The SMILES string of the molecule is CCC1(CC)CCN(CC2(CN)CCCCC2)CC1.